The second-order valence-corrected chi connectivity index (χ2v) is 14.9. The van der Waals surface area contributed by atoms with Crippen molar-refractivity contribution in [3.8, 4) is 35.1 Å². The summed E-state index contributed by atoms with van der Waals surface area (Å²) in [6.45, 7) is 2.20. The lowest BCUT2D eigenvalue weighted by molar-refractivity contribution is 0.256. The number of halogens is 3. The maximum absolute atomic E-state index is 15.9. The van der Waals surface area contributed by atoms with Gasteiger partial charge in [-0.2, -0.15) is 15.2 Å². The second kappa shape index (κ2) is 15.7. The molecule has 0 spiro atoms. The van der Waals surface area contributed by atoms with Gasteiger partial charge in [-0.1, -0.05) is 0 Å². The van der Waals surface area contributed by atoms with E-state index in [1.165, 1.54) is 13.0 Å². The van der Waals surface area contributed by atoms with Crippen molar-refractivity contribution in [1.82, 2.24) is 4.72 Å². The summed E-state index contributed by atoms with van der Waals surface area (Å²) in [4.78, 5) is 0. The molecule has 0 amide bonds. The van der Waals surface area contributed by atoms with E-state index in [4.69, 9.17) is 40.5 Å². The van der Waals surface area contributed by atoms with Crippen LogP contribution >= 0.6 is 18.9 Å². The molecule has 5 N–H and O–H groups in total. The summed E-state index contributed by atoms with van der Waals surface area (Å²) in [5.74, 6) is -3.87. The molecule has 254 valence electrons. The largest absolute Gasteiger partial charge is 0.489 e. The molecule has 12 nitrogen and oxygen atoms in total. The fourth-order valence-corrected chi connectivity index (χ4v) is 9.07. The van der Waals surface area contributed by atoms with Gasteiger partial charge in [0.15, 0.2) is 17.3 Å². The predicted molar refractivity (Wildman–Crippen MR) is 171 cm³/mol. The van der Waals surface area contributed by atoms with Gasteiger partial charge in [0.1, 0.15) is 45.8 Å². The third-order valence-corrected chi connectivity index (χ3v) is 11.5. The lowest BCUT2D eigenvalue weighted by Crippen LogP contribution is -2.27. The molecular weight excluding hydrogens is 694 g/mol. The summed E-state index contributed by atoms with van der Waals surface area (Å²) in [5.41, 5.74) is 10.4. The minimum absolute atomic E-state index is 0.0113. The SMILES string of the molecule is Cc1c(S(=O)(=O)NCP(=O)(Oc2ccc(C#N)c(F)c2)Oc2ccc(C#N)c(F)c2)sc2cc(OCCCN)c(OCCCN)c(F)c12. The van der Waals surface area contributed by atoms with Crippen molar-refractivity contribution in [2.75, 3.05) is 32.6 Å². The smallest absolute Gasteiger partial charge is 0.445 e. The summed E-state index contributed by atoms with van der Waals surface area (Å²) in [5, 5.41) is 18.0. The summed E-state index contributed by atoms with van der Waals surface area (Å²) in [7, 11) is -9.26. The van der Waals surface area contributed by atoms with Crippen LogP contribution in [0.3, 0.4) is 0 Å². The maximum atomic E-state index is 15.9. The summed E-state index contributed by atoms with van der Waals surface area (Å²) in [6.07, 6.45) is -0.181. The molecule has 0 bridgehead atoms. The average Bonchev–Trinajstić information content (AvgIpc) is 3.39. The average molecular weight is 724 g/mol. The highest BCUT2D eigenvalue weighted by molar-refractivity contribution is 7.92. The first-order valence-electron chi connectivity index (χ1n) is 14.1. The Kier molecular flexibility index (Phi) is 11.9. The van der Waals surface area contributed by atoms with Crippen molar-refractivity contribution in [2.45, 2.75) is 24.0 Å². The van der Waals surface area contributed by atoms with Gasteiger partial charge in [0.05, 0.1) is 24.3 Å². The zero-order chi connectivity index (χ0) is 35.1. The molecule has 0 fully saturated rings. The van der Waals surface area contributed by atoms with E-state index < -0.39 is 52.9 Å². The molecule has 0 atom stereocenters. The molecule has 1 aromatic heterocycles. The third-order valence-electron chi connectivity index (χ3n) is 6.54. The van der Waals surface area contributed by atoms with Crippen molar-refractivity contribution in [3.63, 3.8) is 0 Å². The Labute approximate surface area is 278 Å². The predicted octanol–water partition coefficient (Wildman–Crippen LogP) is 5.41. The van der Waals surface area contributed by atoms with Gasteiger partial charge in [-0.25, -0.2) is 26.2 Å². The van der Waals surface area contributed by atoms with Crippen molar-refractivity contribution in [3.05, 3.63) is 76.6 Å². The number of hydrogen-bond acceptors (Lipinski definition) is 12. The van der Waals surface area contributed by atoms with E-state index in [0.29, 0.717) is 30.7 Å². The van der Waals surface area contributed by atoms with E-state index in [1.54, 1.807) is 12.1 Å². The first-order chi connectivity index (χ1) is 22.9. The van der Waals surface area contributed by atoms with Crippen LogP contribution in [0, 0.1) is 47.0 Å². The molecule has 3 aromatic carbocycles. The van der Waals surface area contributed by atoms with Crippen LogP contribution < -0.4 is 34.7 Å². The molecule has 4 aromatic rings. The monoisotopic (exact) mass is 723 g/mol. The molecular formula is C30H29F3N5O7PS2. The van der Waals surface area contributed by atoms with E-state index in [2.05, 4.69) is 4.72 Å². The van der Waals surface area contributed by atoms with Crippen LogP contribution in [-0.2, 0) is 14.6 Å². The number of nitrogens with two attached hydrogens (primary N) is 2. The van der Waals surface area contributed by atoms with Gasteiger partial charge in [-0.3, -0.25) is 0 Å². The first kappa shape index (κ1) is 36.5. The van der Waals surface area contributed by atoms with E-state index in [0.717, 1.165) is 36.4 Å². The van der Waals surface area contributed by atoms with Crippen LogP contribution in [0.15, 0.2) is 46.7 Å². The topological polar surface area (TPSA) is 200 Å². The van der Waals surface area contributed by atoms with Gasteiger partial charge in [0.25, 0.3) is 10.0 Å². The van der Waals surface area contributed by atoms with Gasteiger partial charge in [-0.15, -0.1) is 11.3 Å². The minimum atomic E-state index is -4.69. The van der Waals surface area contributed by atoms with Crippen LogP contribution in [0.2, 0.25) is 0 Å². The van der Waals surface area contributed by atoms with E-state index in [1.807, 2.05) is 0 Å². The van der Waals surface area contributed by atoms with Gasteiger partial charge in [-0.05, 0) is 62.7 Å². The van der Waals surface area contributed by atoms with E-state index in [9.17, 15) is 21.8 Å². The Bertz CT molecular complexity index is 2000. The molecule has 0 saturated heterocycles. The summed E-state index contributed by atoms with van der Waals surface area (Å²) >= 11 is 0.704. The molecule has 48 heavy (non-hydrogen) atoms. The van der Waals surface area contributed by atoms with Crippen molar-refractivity contribution < 1.29 is 44.7 Å². The Morgan fingerprint density at radius 1 is 0.896 bits per heavy atom. The molecule has 0 aliphatic heterocycles. The molecule has 4 rings (SSSR count). The number of rotatable bonds is 16. The summed E-state index contributed by atoms with van der Waals surface area (Å²) in [6, 6.07) is 10.4. The molecule has 0 unspecified atom stereocenters. The summed E-state index contributed by atoms with van der Waals surface area (Å²) < 4.78 is 110. The highest BCUT2D eigenvalue weighted by Crippen LogP contribution is 2.49. The van der Waals surface area contributed by atoms with Crippen molar-refractivity contribution >= 4 is 39.0 Å². The number of thiophene rings is 1. The number of hydrogen-bond donors (Lipinski definition) is 3. The first-order valence-corrected chi connectivity index (χ1v) is 18.2. The lowest BCUT2D eigenvalue weighted by Gasteiger charge is -2.20. The van der Waals surface area contributed by atoms with Gasteiger partial charge in [0.2, 0.25) is 0 Å². The molecule has 0 aliphatic rings. The highest BCUT2D eigenvalue weighted by atomic mass is 32.2. The number of sulfonamides is 1. The van der Waals surface area contributed by atoms with Crippen molar-refractivity contribution in [2.24, 2.45) is 11.5 Å². The third kappa shape index (κ3) is 8.38. The molecule has 0 saturated carbocycles. The van der Waals surface area contributed by atoms with Crippen LogP contribution in [0.5, 0.6) is 23.0 Å². The highest BCUT2D eigenvalue weighted by Gasteiger charge is 2.34. The van der Waals surface area contributed by atoms with E-state index in [-0.39, 0.29) is 62.2 Å². The van der Waals surface area contributed by atoms with Crippen LogP contribution in [0.4, 0.5) is 13.2 Å². The van der Waals surface area contributed by atoms with E-state index >= 15 is 4.39 Å². The number of nitrogens with zero attached hydrogens (tertiary/aromatic N) is 2. The molecule has 0 radical (unpaired) electrons. The Morgan fingerprint density at radius 3 is 1.94 bits per heavy atom. The number of aryl methyl sites for hydroxylation is 1. The number of nitrogens with one attached hydrogen (secondary N) is 1. The fraction of sp³-hybridized carbons (Fsp3) is 0.267. The Hall–Kier alpha value is -4.35. The van der Waals surface area contributed by atoms with Crippen LogP contribution in [-0.4, -0.2) is 41.0 Å². The lowest BCUT2D eigenvalue weighted by atomic mass is 10.1. The van der Waals surface area contributed by atoms with Gasteiger partial charge in [0, 0.05) is 28.3 Å². The van der Waals surface area contributed by atoms with Crippen LogP contribution in [0.25, 0.3) is 10.1 Å². The fourth-order valence-electron chi connectivity index (χ4n) is 4.24. The van der Waals surface area contributed by atoms with Crippen molar-refractivity contribution in [1.29, 1.82) is 10.5 Å². The molecule has 0 aliphatic carbocycles. The zero-order valence-electron chi connectivity index (χ0n) is 25.3. The Balaban J connectivity index is 1.70. The Morgan fingerprint density at radius 2 is 1.44 bits per heavy atom. The van der Waals surface area contributed by atoms with Gasteiger partial charge < -0.3 is 30.0 Å². The standard InChI is InChI=1S/C30H29F3N5O7PS2/c1-18-27-26(14-25(42-10-2-8-34)29(28(27)33)43-11-3-9-35)47-30(18)48(40,41)38-17-46(39,44-21-6-4-19(15-36)23(31)12-21)45-22-7-5-20(16-37)24(32)13-22/h4-7,12-14,38H,2-3,8-11,17,34-35H2,1H3. The molecule has 1 heterocycles. The van der Waals surface area contributed by atoms with Crippen LogP contribution in [0.1, 0.15) is 29.5 Å². The quantitative estimate of drug-likeness (QED) is 0.0986. The number of fused-ring (bicyclic) bond motifs is 1. The number of nitriles is 2. The molecule has 18 heteroatoms. The minimum Gasteiger partial charge on any atom is -0.489 e. The number of ether oxygens (including phenoxy) is 2. The zero-order valence-corrected chi connectivity index (χ0v) is 27.8. The van der Waals surface area contributed by atoms with Gasteiger partial charge >= 0.3 is 7.60 Å². The normalized spacial score (nSPS) is 11.6. The second-order valence-electron chi connectivity index (χ2n) is 9.99. The number of benzene rings is 3. The maximum Gasteiger partial charge on any atom is 0.445 e.